The minimum Gasteiger partial charge on any atom is -0.480 e. The van der Waals surface area contributed by atoms with Crippen LogP contribution in [0.5, 0.6) is 5.75 Å². The highest BCUT2D eigenvalue weighted by atomic mass is 19.2. The first kappa shape index (κ1) is 25.7. The van der Waals surface area contributed by atoms with Crippen molar-refractivity contribution in [2.24, 2.45) is 0 Å². The van der Waals surface area contributed by atoms with Crippen LogP contribution in [0, 0.1) is 17.5 Å². The first-order valence-electron chi connectivity index (χ1n) is 9.94. The number of amides is 1. The lowest BCUT2D eigenvalue weighted by Gasteiger charge is -2.22. The summed E-state index contributed by atoms with van der Waals surface area (Å²) in [5.74, 6) is -7.02. The average Bonchev–Trinajstić information content (AvgIpc) is 2.73. The topological polar surface area (TPSA) is 90.9 Å². The van der Waals surface area contributed by atoms with Crippen molar-refractivity contribution >= 4 is 17.8 Å². The molecule has 0 spiro atoms. The van der Waals surface area contributed by atoms with Crippen LogP contribution < -0.4 is 10.1 Å². The molecule has 1 N–H and O–H groups in total. The Morgan fingerprint density at radius 2 is 1.61 bits per heavy atom. The monoisotopic (exact) mass is 467 g/mol. The van der Waals surface area contributed by atoms with E-state index >= 15 is 0 Å². The second-order valence-corrected chi connectivity index (χ2v) is 7.98. The summed E-state index contributed by atoms with van der Waals surface area (Å²) in [4.78, 5) is 37.0. The molecule has 2 aromatic rings. The van der Waals surface area contributed by atoms with Gasteiger partial charge in [-0.15, -0.1) is 0 Å². The maximum atomic E-state index is 13.8. The normalized spacial score (nSPS) is 11.9. The van der Waals surface area contributed by atoms with Gasteiger partial charge in [-0.05, 0) is 38.5 Å². The highest BCUT2D eigenvalue weighted by Gasteiger charge is 2.28. The molecule has 0 aliphatic heterocycles. The third kappa shape index (κ3) is 8.47. The minimum atomic E-state index is -1.61. The van der Waals surface area contributed by atoms with Crippen molar-refractivity contribution in [2.75, 3.05) is 6.61 Å². The van der Waals surface area contributed by atoms with E-state index in [1.807, 2.05) is 0 Å². The molecule has 1 atom stereocenters. The van der Waals surface area contributed by atoms with Crippen LogP contribution in [-0.2, 0) is 25.7 Å². The first-order valence-corrected chi connectivity index (χ1v) is 9.94. The summed E-state index contributed by atoms with van der Waals surface area (Å²) >= 11 is 0. The number of ketones is 1. The number of hydrogen-bond donors (Lipinski definition) is 1. The molecule has 0 bridgehead atoms. The molecular formula is C23H24F3NO6. The van der Waals surface area contributed by atoms with E-state index in [2.05, 4.69) is 5.32 Å². The number of carbonyl (C=O) groups is 3. The van der Waals surface area contributed by atoms with Crippen LogP contribution >= 0.6 is 0 Å². The van der Waals surface area contributed by atoms with Gasteiger partial charge in [0, 0.05) is 0 Å². The molecular weight excluding hydrogens is 443 g/mol. The zero-order valence-electron chi connectivity index (χ0n) is 18.3. The molecule has 0 aliphatic carbocycles. The van der Waals surface area contributed by atoms with E-state index < -0.39 is 65.7 Å². The third-order valence-electron chi connectivity index (χ3n) is 4.05. The van der Waals surface area contributed by atoms with Crippen LogP contribution in [0.2, 0.25) is 0 Å². The van der Waals surface area contributed by atoms with Gasteiger partial charge in [0.25, 0.3) is 0 Å². The standard InChI is InChI=1S/C23H24F3NO6/c1-23(2,3)33-19(29)11-17(27-22(30)32-12-14-7-5-4-6-8-14)18(28)13-31-21-16(25)10-9-15(24)20(21)26/h4-10,17H,11-13H2,1-3H3,(H,27,30). The lowest BCUT2D eigenvalue weighted by atomic mass is 10.1. The summed E-state index contributed by atoms with van der Waals surface area (Å²) in [5, 5.41) is 2.23. The van der Waals surface area contributed by atoms with E-state index in [1.165, 1.54) is 0 Å². The lowest BCUT2D eigenvalue weighted by molar-refractivity contribution is -0.156. The van der Waals surface area contributed by atoms with Crippen molar-refractivity contribution < 1.29 is 41.8 Å². The average molecular weight is 467 g/mol. The van der Waals surface area contributed by atoms with Gasteiger partial charge in [0.1, 0.15) is 24.9 Å². The molecule has 0 aromatic heterocycles. The summed E-state index contributed by atoms with van der Waals surface area (Å²) in [5.41, 5.74) is -0.175. The lowest BCUT2D eigenvalue weighted by Crippen LogP contribution is -2.45. The Morgan fingerprint density at radius 1 is 0.970 bits per heavy atom. The molecule has 10 heteroatoms. The highest BCUT2D eigenvalue weighted by Crippen LogP contribution is 2.23. The van der Waals surface area contributed by atoms with Crippen molar-refractivity contribution in [3.8, 4) is 5.75 Å². The largest absolute Gasteiger partial charge is 0.480 e. The Labute approximate surface area is 188 Å². The molecule has 178 valence electrons. The van der Waals surface area contributed by atoms with Gasteiger partial charge < -0.3 is 19.5 Å². The third-order valence-corrected chi connectivity index (χ3v) is 4.05. The number of Topliss-reactive ketones (excluding diaryl/α,β-unsaturated/α-hetero) is 1. The van der Waals surface area contributed by atoms with Crippen LogP contribution in [0.4, 0.5) is 18.0 Å². The Hall–Kier alpha value is -3.56. The maximum Gasteiger partial charge on any atom is 0.408 e. The van der Waals surface area contributed by atoms with E-state index in [0.29, 0.717) is 17.7 Å². The smallest absolute Gasteiger partial charge is 0.408 e. The van der Waals surface area contributed by atoms with Crippen molar-refractivity contribution in [3.63, 3.8) is 0 Å². The number of hydrogen-bond acceptors (Lipinski definition) is 6. The summed E-state index contributed by atoms with van der Waals surface area (Å²) < 4.78 is 55.8. The van der Waals surface area contributed by atoms with E-state index in [4.69, 9.17) is 14.2 Å². The fourth-order valence-corrected chi connectivity index (χ4v) is 2.59. The number of halogens is 3. The van der Waals surface area contributed by atoms with Crippen molar-refractivity contribution in [2.45, 2.75) is 45.4 Å². The summed E-state index contributed by atoms with van der Waals surface area (Å²) in [6.07, 6.45) is -1.60. The number of esters is 1. The molecule has 0 aliphatic rings. The van der Waals surface area contributed by atoms with Gasteiger partial charge in [-0.1, -0.05) is 30.3 Å². The van der Waals surface area contributed by atoms with E-state index in [-0.39, 0.29) is 6.61 Å². The fraction of sp³-hybridized carbons (Fsp3) is 0.348. The number of ether oxygens (including phenoxy) is 3. The molecule has 33 heavy (non-hydrogen) atoms. The van der Waals surface area contributed by atoms with Crippen molar-refractivity contribution in [1.82, 2.24) is 5.32 Å². The van der Waals surface area contributed by atoms with Crippen LogP contribution in [0.15, 0.2) is 42.5 Å². The number of carbonyl (C=O) groups excluding carboxylic acids is 3. The predicted molar refractivity (Wildman–Crippen MR) is 111 cm³/mol. The summed E-state index contributed by atoms with van der Waals surface area (Å²) in [6, 6.07) is 8.41. The molecule has 0 saturated carbocycles. The molecule has 7 nitrogen and oxygen atoms in total. The van der Waals surface area contributed by atoms with Crippen molar-refractivity contribution in [3.05, 3.63) is 65.5 Å². The van der Waals surface area contributed by atoms with Gasteiger partial charge >= 0.3 is 12.1 Å². The van der Waals surface area contributed by atoms with Gasteiger partial charge in [0.05, 0.1) is 6.42 Å². The van der Waals surface area contributed by atoms with E-state index in [9.17, 15) is 27.6 Å². The second kappa shape index (κ2) is 11.3. The quantitative estimate of drug-likeness (QED) is 0.442. The molecule has 0 radical (unpaired) electrons. The minimum absolute atomic E-state index is 0.101. The number of benzene rings is 2. The van der Waals surface area contributed by atoms with Crippen LogP contribution in [0.3, 0.4) is 0 Å². The first-order chi connectivity index (χ1) is 15.5. The molecule has 1 unspecified atom stereocenters. The van der Waals surface area contributed by atoms with Gasteiger partial charge in [0.15, 0.2) is 23.2 Å². The Morgan fingerprint density at radius 3 is 2.24 bits per heavy atom. The molecule has 2 aromatic carbocycles. The molecule has 0 fully saturated rings. The van der Waals surface area contributed by atoms with Gasteiger partial charge in [-0.3, -0.25) is 9.59 Å². The van der Waals surface area contributed by atoms with E-state index in [1.54, 1.807) is 51.1 Å². The Balaban J connectivity index is 2.07. The SMILES string of the molecule is CC(C)(C)OC(=O)CC(NC(=O)OCc1ccccc1)C(=O)COc1c(F)ccc(F)c1F. The van der Waals surface area contributed by atoms with Crippen LogP contribution in [-0.4, -0.2) is 36.1 Å². The molecule has 0 saturated heterocycles. The Bertz CT molecular complexity index is 992. The second-order valence-electron chi connectivity index (χ2n) is 7.98. The number of rotatable bonds is 9. The Kier molecular flexibility index (Phi) is 8.84. The maximum absolute atomic E-state index is 13.8. The highest BCUT2D eigenvalue weighted by molar-refractivity contribution is 5.92. The van der Waals surface area contributed by atoms with Gasteiger partial charge in [-0.2, -0.15) is 4.39 Å². The van der Waals surface area contributed by atoms with Gasteiger partial charge in [0.2, 0.25) is 5.82 Å². The predicted octanol–water partition coefficient (Wildman–Crippen LogP) is 4.08. The van der Waals surface area contributed by atoms with Gasteiger partial charge in [-0.25, -0.2) is 13.6 Å². The van der Waals surface area contributed by atoms with Crippen LogP contribution in [0.1, 0.15) is 32.8 Å². The molecule has 1 amide bonds. The van der Waals surface area contributed by atoms with Crippen molar-refractivity contribution in [1.29, 1.82) is 0 Å². The zero-order chi connectivity index (χ0) is 24.6. The number of alkyl carbamates (subject to hydrolysis) is 1. The van der Waals surface area contributed by atoms with E-state index in [0.717, 1.165) is 0 Å². The van der Waals surface area contributed by atoms with Crippen LogP contribution in [0.25, 0.3) is 0 Å². The zero-order valence-corrected chi connectivity index (χ0v) is 18.3. The summed E-state index contributed by atoms with van der Waals surface area (Å²) in [6.45, 7) is 3.78. The fourth-order valence-electron chi connectivity index (χ4n) is 2.59. The number of nitrogens with one attached hydrogen (secondary N) is 1. The molecule has 2 rings (SSSR count). The molecule has 0 heterocycles. The summed E-state index contributed by atoms with van der Waals surface area (Å²) in [7, 11) is 0.